The summed E-state index contributed by atoms with van der Waals surface area (Å²) in [7, 11) is 0. The Kier molecular flexibility index (Phi) is 2.88. The van der Waals surface area contributed by atoms with Gasteiger partial charge in [-0.15, -0.1) is 0 Å². The Morgan fingerprint density at radius 2 is 1.53 bits per heavy atom. The lowest BCUT2D eigenvalue weighted by atomic mass is 10.2. The largest absolute Gasteiger partial charge is 0.282 e. The van der Waals surface area contributed by atoms with E-state index < -0.39 is 0 Å². The Hall–Kier alpha value is -2.42. The normalized spacial score (nSPS) is 10.6. The van der Waals surface area contributed by atoms with Crippen molar-refractivity contribution in [3.05, 3.63) is 54.9 Å². The van der Waals surface area contributed by atoms with E-state index >= 15 is 0 Å². The Morgan fingerprint density at radius 1 is 0.842 bits per heavy atom. The van der Waals surface area contributed by atoms with Crippen LogP contribution in [0.3, 0.4) is 0 Å². The molecule has 2 heterocycles. The first-order valence-corrected chi connectivity index (χ1v) is 6.54. The molecule has 4 rings (SSSR count). The van der Waals surface area contributed by atoms with Gasteiger partial charge in [-0.05, 0) is 24.3 Å². The molecule has 0 saturated carbocycles. The zero-order valence-electron chi connectivity index (χ0n) is 11.0. The highest BCUT2D eigenvalue weighted by molar-refractivity contribution is 5.95. The van der Waals surface area contributed by atoms with Crippen molar-refractivity contribution in [1.82, 2.24) is 14.4 Å². The van der Waals surface area contributed by atoms with Crippen LogP contribution in [-0.2, 0) is 0 Å². The highest BCUT2D eigenvalue weighted by Gasteiger charge is 2.06. The quantitative estimate of drug-likeness (QED) is 0.470. The molecule has 0 aliphatic rings. The fourth-order valence-electron chi connectivity index (χ4n) is 2.25. The lowest BCUT2D eigenvalue weighted by molar-refractivity contribution is 1.15. The molecule has 0 radical (unpaired) electrons. The lowest BCUT2D eigenvalue weighted by Gasteiger charge is -1.99. The molecule has 0 N–H and O–H groups in total. The summed E-state index contributed by atoms with van der Waals surface area (Å²) in [5.74, 6) is 0. The van der Waals surface area contributed by atoms with Crippen LogP contribution in [0.5, 0.6) is 0 Å². The summed E-state index contributed by atoms with van der Waals surface area (Å²) >= 11 is 0. The average molecular weight is 249 g/mol. The molecular formula is C16H15N3. The molecule has 0 atom stereocenters. The van der Waals surface area contributed by atoms with E-state index in [0.717, 1.165) is 27.6 Å². The summed E-state index contributed by atoms with van der Waals surface area (Å²) in [6, 6.07) is 16.2. The van der Waals surface area contributed by atoms with Crippen LogP contribution >= 0.6 is 0 Å². The van der Waals surface area contributed by atoms with Crippen LogP contribution in [0.2, 0.25) is 0 Å². The minimum Gasteiger partial charge on any atom is -0.282 e. The number of hydrogen-bond donors (Lipinski definition) is 0. The first-order chi connectivity index (χ1) is 9.43. The van der Waals surface area contributed by atoms with Crippen LogP contribution in [0.25, 0.3) is 27.6 Å². The fourth-order valence-corrected chi connectivity index (χ4v) is 2.25. The van der Waals surface area contributed by atoms with Crippen molar-refractivity contribution in [3.8, 4) is 0 Å². The SMILES string of the molecule is CC.c1ccc2c(c1)ncn1c3ccccc3nc21. The zero-order valence-corrected chi connectivity index (χ0v) is 11.0. The molecule has 2 aromatic carbocycles. The van der Waals surface area contributed by atoms with E-state index in [1.54, 1.807) is 0 Å². The van der Waals surface area contributed by atoms with Crippen LogP contribution in [0.4, 0.5) is 0 Å². The van der Waals surface area contributed by atoms with Gasteiger partial charge in [0.25, 0.3) is 0 Å². The highest BCUT2D eigenvalue weighted by Crippen LogP contribution is 2.21. The molecule has 0 fully saturated rings. The number of nitrogens with zero attached hydrogens (tertiary/aromatic N) is 3. The van der Waals surface area contributed by atoms with Gasteiger partial charge in [-0.25, -0.2) is 9.97 Å². The van der Waals surface area contributed by atoms with Crippen molar-refractivity contribution < 1.29 is 0 Å². The van der Waals surface area contributed by atoms with Gasteiger partial charge in [0.05, 0.1) is 16.6 Å². The summed E-state index contributed by atoms with van der Waals surface area (Å²) in [6.07, 6.45) is 1.84. The molecule has 0 bridgehead atoms. The molecule has 0 aliphatic carbocycles. The van der Waals surface area contributed by atoms with Gasteiger partial charge in [-0.1, -0.05) is 38.1 Å². The molecule has 0 spiro atoms. The molecular weight excluding hydrogens is 234 g/mol. The second kappa shape index (κ2) is 4.69. The van der Waals surface area contributed by atoms with E-state index in [2.05, 4.69) is 22.1 Å². The van der Waals surface area contributed by atoms with E-state index in [0.29, 0.717) is 0 Å². The molecule has 0 amide bonds. The summed E-state index contributed by atoms with van der Waals surface area (Å²) in [5, 5.41) is 1.09. The number of hydrogen-bond acceptors (Lipinski definition) is 2. The summed E-state index contributed by atoms with van der Waals surface area (Å²) in [6.45, 7) is 4.00. The maximum absolute atomic E-state index is 4.67. The average Bonchev–Trinajstić information content (AvgIpc) is 2.88. The highest BCUT2D eigenvalue weighted by atomic mass is 15.0. The van der Waals surface area contributed by atoms with E-state index in [1.165, 1.54) is 0 Å². The van der Waals surface area contributed by atoms with Crippen molar-refractivity contribution in [2.45, 2.75) is 13.8 Å². The Balaban J connectivity index is 0.000000528. The number of imidazole rings is 1. The van der Waals surface area contributed by atoms with Gasteiger partial charge in [-0.2, -0.15) is 0 Å². The predicted octanol–water partition coefficient (Wildman–Crippen LogP) is 4.06. The molecule has 0 aliphatic heterocycles. The first kappa shape index (κ1) is 11.7. The number of rotatable bonds is 0. The van der Waals surface area contributed by atoms with Crippen LogP contribution in [-0.4, -0.2) is 14.4 Å². The maximum atomic E-state index is 4.67. The molecule has 2 aromatic heterocycles. The third-order valence-corrected chi connectivity index (χ3v) is 3.05. The lowest BCUT2D eigenvalue weighted by Crippen LogP contribution is -1.88. The van der Waals surface area contributed by atoms with Crippen LogP contribution in [0.1, 0.15) is 13.8 Å². The van der Waals surface area contributed by atoms with Crippen LogP contribution < -0.4 is 0 Å². The zero-order chi connectivity index (χ0) is 13.2. The monoisotopic (exact) mass is 249 g/mol. The Morgan fingerprint density at radius 3 is 2.37 bits per heavy atom. The van der Waals surface area contributed by atoms with E-state index in [9.17, 15) is 0 Å². The molecule has 94 valence electrons. The molecule has 0 saturated heterocycles. The topological polar surface area (TPSA) is 30.2 Å². The molecule has 4 aromatic rings. The van der Waals surface area contributed by atoms with Gasteiger partial charge in [0, 0.05) is 5.39 Å². The third-order valence-electron chi connectivity index (χ3n) is 3.05. The Bertz CT molecular complexity index is 846. The van der Waals surface area contributed by atoms with Crippen molar-refractivity contribution in [2.24, 2.45) is 0 Å². The molecule has 0 unspecified atom stereocenters. The standard InChI is InChI=1S/C14H9N3.C2H6/c1-2-6-11-10(5-1)14-16-12-7-3-4-8-13(12)17(14)9-15-11;1-2/h1-9H;1-2H3. The number of aromatic nitrogens is 3. The molecule has 19 heavy (non-hydrogen) atoms. The number of fused-ring (bicyclic) bond motifs is 5. The summed E-state index contributed by atoms with van der Waals surface area (Å²) < 4.78 is 2.04. The number of benzene rings is 2. The van der Waals surface area contributed by atoms with Gasteiger partial charge < -0.3 is 0 Å². The van der Waals surface area contributed by atoms with Crippen LogP contribution in [0, 0.1) is 0 Å². The first-order valence-electron chi connectivity index (χ1n) is 6.54. The smallest absolute Gasteiger partial charge is 0.148 e. The minimum absolute atomic E-state index is 0.969. The van der Waals surface area contributed by atoms with Gasteiger partial charge in [-0.3, -0.25) is 4.40 Å². The van der Waals surface area contributed by atoms with Crippen molar-refractivity contribution in [1.29, 1.82) is 0 Å². The van der Waals surface area contributed by atoms with E-state index in [4.69, 9.17) is 0 Å². The van der Waals surface area contributed by atoms with Gasteiger partial charge in [0.2, 0.25) is 0 Å². The predicted molar refractivity (Wildman–Crippen MR) is 79.3 cm³/mol. The Labute approximate surface area is 111 Å². The molecule has 3 nitrogen and oxygen atoms in total. The van der Waals surface area contributed by atoms with E-state index in [1.807, 2.05) is 61.0 Å². The van der Waals surface area contributed by atoms with Crippen molar-refractivity contribution >= 4 is 27.6 Å². The van der Waals surface area contributed by atoms with Gasteiger partial charge in [0.1, 0.15) is 12.0 Å². The molecule has 3 heteroatoms. The maximum Gasteiger partial charge on any atom is 0.148 e. The van der Waals surface area contributed by atoms with Crippen LogP contribution in [0.15, 0.2) is 54.9 Å². The summed E-state index contributed by atoms with van der Waals surface area (Å²) in [4.78, 5) is 9.12. The summed E-state index contributed by atoms with van der Waals surface area (Å²) in [5.41, 5.74) is 4.05. The van der Waals surface area contributed by atoms with Crippen molar-refractivity contribution in [3.63, 3.8) is 0 Å². The second-order valence-electron chi connectivity index (χ2n) is 4.06. The van der Waals surface area contributed by atoms with Gasteiger partial charge >= 0.3 is 0 Å². The second-order valence-corrected chi connectivity index (χ2v) is 4.06. The third kappa shape index (κ3) is 1.74. The van der Waals surface area contributed by atoms with Crippen molar-refractivity contribution in [2.75, 3.05) is 0 Å². The van der Waals surface area contributed by atoms with E-state index in [-0.39, 0.29) is 0 Å². The minimum atomic E-state index is 0.969. The van der Waals surface area contributed by atoms with Gasteiger partial charge in [0.15, 0.2) is 0 Å². The number of para-hydroxylation sites is 3. The fraction of sp³-hybridized carbons (Fsp3) is 0.125.